The maximum absolute atomic E-state index is 12.2. The number of nitrogens with zero attached hydrogens (tertiary/aromatic N) is 2. The monoisotopic (exact) mass is 418 g/mol. The van der Waals surface area contributed by atoms with Crippen molar-refractivity contribution in [3.05, 3.63) is 0 Å². The molecule has 2 aliphatic heterocycles. The van der Waals surface area contributed by atoms with Crippen molar-refractivity contribution in [3.63, 3.8) is 0 Å². The van der Waals surface area contributed by atoms with Crippen molar-refractivity contribution in [2.75, 3.05) is 52.9 Å². The zero-order valence-corrected chi connectivity index (χ0v) is 18.3. The lowest BCUT2D eigenvalue weighted by molar-refractivity contribution is -0.123. The second-order valence-corrected chi connectivity index (χ2v) is 7.36. The molecule has 8 heteroatoms. The summed E-state index contributed by atoms with van der Waals surface area (Å²) < 4.78 is 0. The fraction of sp³-hybridized carbons (Fsp3) is 0.941. The molecule has 0 bridgehead atoms. The average molecular weight is 420 g/mol. The highest BCUT2D eigenvalue weighted by atomic mass is 35.5. The number of amides is 1. The molecule has 3 atom stereocenters. The predicted molar refractivity (Wildman–Crippen MR) is 113 cm³/mol. The summed E-state index contributed by atoms with van der Waals surface area (Å²) in [5.74, 6) is 1.36. The molecule has 0 aromatic carbocycles. The third-order valence-electron chi connectivity index (χ3n) is 5.18. The van der Waals surface area contributed by atoms with Crippen LogP contribution in [0.3, 0.4) is 0 Å². The lowest BCUT2D eigenvalue weighted by Gasteiger charge is -2.34. The summed E-state index contributed by atoms with van der Waals surface area (Å²) in [6.07, 6.45) is 3.17. The number of hydrogen-bond acceptors (Lipinski definition) is 4. The Morgan fingerprint density at radius 3 is 2.36 bits per heavy atom. The minimum absolute atomic E-state index is 0. The Hall–Kier alpha value is 0.220. The Labute approximate surface area is 172 Å². The maximum atomic E-state index is 12.2. The molecule has 2 rings (SSSR count). The molecule has 25 heavy (non-hydrogen) atoms. The number of piperazine rings is 1. The van der Waals surface area contributed by atoms with Gasteiger partial charge in [-0.15, -0.1) is 37.2 Å². The van der Waals surface area contributed by atoms with Crippen LogP contribution >= 0.6 is 37.2 Å². The first-order valence-electron chi connectivity index (χ1n) is 8.95. The zero-order valence-electron chi connectivity index (χ0n) is 15.8. The lowest BCUT2D eigenvalue weighted by Crippen LogP contribution is -2.49. The smallest absolute Gasteiger partial charge is 0.220 e. The average Bonchev–Trinajstić information content (AvgIpc) is 2.50. The molecule has 0 saturated carbocycles. The largest absolute Gasteiger partial charge is 0.352 e. The highest BCUT2D eigenvalue weighted by Gasteiger charge is 2.23. The molecule has 5 nitrogen and oxygen atoms in total. The van der Waals surface area contributed by atoms with Gasteiger partial charge in [0.05, 0.1) is 0 Å². The molecule has 0 aliphatic carbocycles. The molecule has 3 unspecified atom stereocenters. The molecule has 2 heterocycles. The first-order chi connectivity index (χ1) is 10.5. The molecule has 2 N–H and O–H groups in total. The van der Waals surface area contributed by atoms with Gasteiger partial charge < -0.3 is 15.5 Å². The highest BCUT2D eigenvalue weighted by molar-refractivity contribution is 5.86. The number of nitrogens with one attached hydrogen (secondary N) is 2. The Bertz CT molecular complexity index is 349. The van der Waals surface area contributed by atoms with Gasteiger partial charge in [-0.25, -0.2) is 0 Å². The number of halogens is 3. The van der Waals surface area contributed by atoms with Gasteiger partial charge in [0.15, 0.2) is 0 Å². The van der Waals surface area contributed by atoms with E-state index in [-0.39, 0.29) is 49.2 Å². The van der Waals surface area contributed by atoms with Crippen molar-refractivity contribution in [2.24, 2.45) is 11.8 Å². The number of carbonyl (C=O) groups is 1. The second-order valence-electron chi connectivity index (χ2n) is 7.36. The molecule has 0 spiro atoms. The lowest BCUT2D eigenvalue weighted by atomic mass is 9.85. The van der Waals surface area contributed by atoms with Crippen LogP contribution < -0.4 is 10.6 Å². The van der Waals surface area contributed by atoms with Crippen LogP contribution in [-0.4, -0.2) is 74.6 Å². The van der Waals surface area contributed by atoms with Gasteiger partial charge in [-0.2, -0.15) is 0 Å². The van der Waals surface area contributed by atoms with Crippen LogP contribution in [0.5, 0.6) is 0 Å². The van der Waals surface area contributed by atoms with E-state index in [0.29, 0.717) is 18.3 Å². The molecular formula is C17H37Cl3N4O. The molecule has 2 fully saturated rings. The maximum Gasteiger partial charge on any atom is 0.220 e. The van der Waals surface area contributed by atoms with Gasteiger partial charge in [0.1, 0.15) is 0 Å². The molecule has 2 aliphatic rings. The molecule has 0 radical (unpaired) electrons. The van der Waals surface area contributed by atoms with Crippen LogP contribution in [-0.2, 0) is 4.79 Å². The Morgan fingerprint density at radius 1 is 1.16 bits per heavy atom. The van der Waals surface area contributed by atoms with E-state index in [9.17, 15) is 4.79 Å². The number of hydrogen-bond donors (Lipinski definition) is 2. The van der Waals surface area contributed by atoms with E-state index in [1.807, 2.05) is 0 Å². The molecule has 152 valence electrons. The van der Waals surface area contributed by atoms with E-state index < -0.39 is 0 Å². The number of rotatable bonds is 6. The van der Waals surface area contributed by atoms with Crippen LogP contribution in [0.15, 0.2) is 0 Å². The van der Waals surface area contributed by atoms with Crippen LogP contribution in [0.25, 0.3) is 0 Å². The first-order valence-corrected chi connectivity index (χ1v) is 8.95. The molecule has 1 amide bonds. The topological polar surface area (TPSA) is 47.6 Å². The van der Waals surface area contributed by atoms with E-state index >= 15 is 0 Å². The van der Waals surface area contributed by atoms with Crippen molar-refractivity contribution < 1.29 is 4.79 Å². The van der Waals surface area contributed by atoms with E-state index in [4.69, 9.17) is 0 Å². The fourth-order valence-electron chi connectivity index (χ4n) is 3.62. The summed E-state index contributed by atoms with van der Waals surface area (Å²) in [6.45, 7) is 12.0. The minimum Gasteiger partial charge on any atom is -0.352 e. The number of likely N-dealkylation sites (N-methyl/N-ethyl adjacent to an activating group) is 1. The third kappa shape index (κ3) is 10.2. The van der Waals surface area contributed by atoms with E-state index in [1.54, 1.807) is 0 Å². The van der Waals surface area contributed by atoms with Gasteiger partial charge in [0.2, 0.25) is 5.91 Å². The summed E-state index contributed by atoms with van der Waals surface area (Å²) >= 11 is 0. The molecule has 2 saturated heterocycles. The van der Waals surface area contributed by atoms with Crippen LogP contribution in [0.2, 0.25) is 0 Å². The van der Waals surface area contributed by atoms with Gasteiger partial charge in [-0.3, -0.25) is 9.69 Å². The highest BCUT2D eigenvalue weighted by Crippen LogP contribution is 2.22. The molecular weight excluding hydrogens is 383 g/mol. The Kier molecular flexibility index (Phi) is 15.7. The van der Waals surface area contributed by atoms with Crippen molar-refractivity contribution in [1.29, 1.82) is 0 Å². The van der Waals surface area contributed by atoms with Crippen molar-refractivity contribution in [1.82, 2.24) is 20.4 Å². The van der Waals surface area contributed by atoms with Gasteiger partial charge in [0.25, 0.3) is 0 Å². The summed E-state index contributed by atoms with van der Waals surface area (Å²) in [4.78, 5) is 17.1. The number of piperidine rings is 1. The van der Waals surface area contributed by atoms with E-state index in [1.165, 1.54) is 12.8 Å². The second kappa shape index (κ2) is 14.3. The first kappa shape index (κ1) is 27.4. The van der Waals surface area contributed by atoms with Crippen molar-refractivity contribution in [3.8, 4) is 0 Å². The van der Waals surface area contributed by atoms with Crippen LogP contribution in [0.1, 0.15) is 33.1 Å². The van der Waals surface area contributed by atoms with E-state index in [2.05, 4.69) is 41.3 Å². The van der Waals surface area contributed by atoms with Gasteiger partial charge in [0, 0.05) is 45.2 Å². The summed E-state index contributed by atoms with van der Waals surface area (Å²) in [5, 5.41) is 6.64. The SMILES string of the molecule is CC(CN1CCN(C)CC1)NC(=O)CC(C)C1CCCNC1.Cl.Cl.Cl. The van der Waals surface area contributed by atoms with Crippen molar-refractivity contribution >= 4 is 43.1 Å². The summed E-state index contributed by atoms with van der Waals surface area (Å²) in [6, 6.07) is 0.243. The minimum atomic E-state index is 0. The third-order valence-corrected chi connectivity index (χ3v) is 5.18. The molecule has 0 aromatic heterocycles. The van der Waals surface area contributed by atoms with Crippen LogP contribution in [0.4, 0.5) is 0 Å². The Balaban J connectivity index is 0. The van der Waals surface area contributed by atoms with Crippen molar-refractivity contribution in [2.45, 2.75) is 39.2 Å². The standard InChI is InChI=1S/C17H34N4O.3ClH/c1-14(16-5-4-6-18-12-16)11-17(22)19-15(2)13-21-9-7-20(3)8-10-21;;;/h14-16,18H,4-13H2,1-3H3,(H,19,22);3*1H. The quantitative estimate of drug-likeness (QED) is 0.691. The molecule has 0 aromatic rings. The normalized spacial score (nSPS) is 24.0. The van der Waals surface area contributed by atoms with Gasteiger partial charge >= 0.3 is 0 Å². The van der Waals surface area contributed by atoms with Gasteiger partial charge in [-0.05, 0) is 51.7 Å². The summed E-state index contributed by atoms with van der Waals surface area (Å²) in [5.41, 5.74) is 0. The Morgan fingerprint density at radius 2 is 1.80 bits per heavy atom. The fourth-order valence-corrected chi connectivity index (χ4v) is 3.62. The van der Waals surface area contributed by atoms with Crippen LogP contribution in [0, 0.1) is 11.8 Å². The van der Waals surface area contributed by atoms with E-state index in [0.717, 1.165) is 45.8 Å². The predicted octanol–water partition coefficient (Wildman–Crippen LogP) is 2.03. The summed E-state index contributed by atoms with van der Waals surface area (Å²) in [7, 11) is 2.17. The number of carbonyl (C=O) groups excluding carboxylic acids is 1. The zero-order chi connectivity index (χ0) is 15.9. The van der Waals surface area contributed by atoms with Gasteiger partial charge in [-0.1, -0.05) is 6.92 Å².